The van der Waals surface area contributed by atoms with Crippen molar-refractivity contribution in [1.29, 1.82) is 0 Å². The fraction of sp³-hybridized carbons (Fsp3) is 1.00. The van der Waals surface area contributed by atoms with E-state index < -0.39 is 21.6 Å². The summed E-state index contributed by atoms with van der Waals surface area (Å²) >= 11 is -0.411. The Balaban J connectivity index is 3.25. The maximum absolute atomic E-state index is 5.22. The third-order valence-corrected chi connectivity index (χ3v) is 5.01. The van der Waals surface area contributed by atoms with Gasteiger partial charge in [-0.05, 0) is 0 Å². The zero-order valence-electron chi connectivity index (χ0n) is 8.02. The summed E-state index contributed by atoms with van der Waals surface area (Å²) in [6.45, 7) is 4.57. The van der Waals surface area contributed by atoms with Gasteiger partial charge < -0.3 is 0 Å². The SMILES string of the molecule is CCCCC(CC)[CH2][Sn][O]C. The third kappa shape index (κ3) is 7.13. The van der Waals surface area contributed by atoms with Crippen LogP contribution in [-0.4, -0.2) is 28.7 Å². The normalized spacial score (nSPS) is 13.4. The number of rotatable bonds is 7. The first kappa shape index (κ1) is 11.8. The number of unbranched alkanes of at least 4 members (excludes halogenated alkanes) is 1. The minimum absolute atomic E-state index is 0.411. The van der Waals surface area contributed by atoms with Crippen molar-refractivity contribution in [3.05, 3.63) is 0 Å². The molecule has 2 heteroatoms. The van der Waals surface area contributed by atoms with Crippen LogP contribution >= 0.6 is 0 Å². The molecule has 0 saturated heterocycles. The van der Waals surface area contributed by atoms with Gasteiger partial charge in [0.1, 0.15) is 0 Å². The molecule has 0 aliphatic heterocycles. The van der Waals surface area contributed by atoms with E-state index in [0.29, 0.717) is 0 Å². The van der Waals surface area contributed by atoms with Gasteiger partial charge in [-0.2, -0.15) is 0 Å². The molecule has 11 heavy (non-hydrogen) atoms. The van der Waals surface area contributed by atoms with Gasteiger partial charge in [-0.25, -0.2) is 0 Å². The summed E-state index contributed by atoms with van der Waals surface area (Å²) in [5, 5.41) is 0. The Morgan fingerprint density at radius 3 is 2.55 bits per heavy atom. The van der Waals surface area contributed by atoms with Crippen molar-refractivity contribution in [2.75, 3.05) is 7.11 Å². The van der Waals surface area contributed by atoms with Gasteiger partial charge in [0.05, 0.1) is 0 Å². The molecule has 0 bridgehead atoms. The van der Waals surface area contributed by atoms with E-state index in [2.05, 4.69) is 13.8 Å². The van der Waals surface area contributed by atoms with E-state index >= 15 is 0 Å². The van der Waals surface area contributed by atoms with Gasteiger partial charge in [0, 0.05) is 0 Å². The van der Waals surface area contributed by atoms with Crippen LogP contribution in [0.3, 0.4) is 0 Å². The van der Waals surface area contributed by atoms with Gasteiger partial charge in [-0.3, -0.25) is 0 Å². The fourth-order valence-electron chi connectivity index (χ4n) is 1.14. The predicted molar refractivity (Wildman–Crippen MR) is 50.9 cm³/mol. The Morgan fingerprint density at radius 2 is 2.09 bits per heavy atom. The van der Waals surface area contributed by atoms with E-state index in [-0.39, 0.29) is 0 Å². The second-order valence-electron chi connectivity index (χ2n) is 2.97. The van der Waals surface area contributed by atoms with Crippen molar-refractivity contribution in [2.45, 2.75) is 44.0 Å². The quantitative estimate of drug-likeness (QED) is 0.641. The Morgan fingerprint density at radius 1 is 1.36 bits per heavy atom. The summed E-state index contributed by atoms with van der Waals surface area (Å²) in [5.74, 6) is 0.974. The standard InChI is InChI=1S/C8H17.CH3O.Sn/c1-4-6-7-8(3)5-2;1-2;/h8H,3-7H2,1-2H3;1H3;/q;-1;+1. The zero-order valence-corrected chi connectivity index (χ0v) is 10.9. The summed E-state index contributed by atoms with van der Waals surface area (Å²) in [6, 6.07) is 0. The van der Waals surface area contributed by atoms with Crippen LogP contribution in [0, 0.1) is 5.92 Å². The van der Waals surface area contributed by atoms with Crippen molar-refractivity contribution in [1.82, 2.24) is 0 Å². The van der Waals surface area contributed by atoms with Gasteiger partial charge in [0.25, 0.3) is 0 Å². The molecule has 66 valence electrons. The molecule has 0 heterocycles. The summed E-state index contributed by atoms with van der Waals surface area (Å²) in [4.78, 5) is 0. The van der Waals surface area contributed by atoms with Crippen LogP contribution in [0.5, 0.6) is 0 Å². The molecule has 0 aromatic rings. The molecule has 0 saturated carbocycles. The Bertz CT molecular complexity index is 68.0. The van der Waals surface area contributed by atoms with Crippen LogP contribution in [0.1, 0.15) is 39.5 Å². The van der Waals surface area contributed by atoms with Crippen molar-refractivity contribution < 1.29 is 3.07 Å². The molecular weight excluding hydrogens is 243 g/mol. The molecule has 0 aliphatic rings. The summed E-state index contributed by atoms with van der Waals surface area (Å²) in [5.41, 5.74) is 0. The van der Waals surface area contributed by atoms with Crippen molar-refractivity contribution in [2.24, 2.45) is 5.92 Å². The molecule has 0 rings (SSSR count). The number of hydrogen-bond acceptors (Lipinski definition) is 1. The average molecular weight is 263 g/mol. The topological polar surface area (TPSA) is 9.23 Å². The molecule has 0 spiro atoms. The molecule has 1 nitrogen and oxygen atoms in total. The van der Waals surface area contributed by atoms with Crippen LogP contribution in [0.15, 0.2) is 0 Å². The van der Waals surface area contributed by atoms with Gasteiger partial charge >= 0.3 is 81.6 Å². The van der Waals surface area contributed by atoms with Crippen LogP contribution in [-0.2, 0) is 3.07 Å². The van der Waals surface area contributed by atoms with Crippen molar-refractivity contribution in [3.63, 3.8) is 0 Å². The fourth-order valence-corrected chi connectivity index (χ4v) is 3.70. The summed E-state index contributed by atoms with van der Waals surface area (Å²) in [7, 11) is 1.86. The van der Waals surface area contributed by atoms with Crippen LogP contribution in [0.2, 0.25) is 4.44 Å². The molecule has 2 radical (unpaired) electrons. The maximum atomic E-state index is 5.22. The molecule has 0 fully saturated rings. The van der Waals surface area contributed by atoms with E-state index in [1.807, 2.05) is 7.11 Å². The third-order valence-electron chi connectivity index (χ3n) is 2.06. The summed E-state index contributed by atoms with van der Waals surface area (Å²) in [6.07, 6.45) is 5.53. The molecular formula is C9H20OSn. The first-order chi connectivity index (χ1) is 5.35. The molecule has 0 aromatic carbocycles. The predicted octanol–water partition coefficient (Wildman–Crippen LogP) is 2.89. The summed E-state index contributed by atoms with van der Waals surface area (Å²) < 4.78 is 6.64. The van der Waals surface area contributed by atoms with Gasteiger partial charge in [-0.15, -0.1) is 0 Å². The molecule has 0 amide bonds. The van der Waals surface area contributed by atoms with E-state index in [0.717, 1.165) is 5.92 Å². The van der Waals surface area contributed by atoms with Gasteiger partial charge in [0.15, 0.2) is 0 Å². The van der Waals surface area contributed by atoms with E-state index in [1.165, 1.54) is 30.1 Å². The second kappa shape index (κ2) is 8.85. The molecule has 0 aliphatic carbocycles. The minimum atomic E-state index is -0.411. The van der Waals surface area contributed by atoms with Gasteiger partial charge in [-0.1, -0.05) is 0 Å². The first-order valence-corrected chi connectivity index (χ1v) is 7.79. The molecule has 0 aromatic heterocycles. The monoisotopic (exact) mass is 264 g/mol. The van der Waals surface area contributed by atoms with Gasteiger partial charge in [0.2, 0.25) is 0 Å². The number of hydrogen-bond donors (Lipinski definition) is 0. The Hall–Kier alpha value is 0.759. The van der Waals surface area contributed by atoms with E-state index in [1.54, 1.807) is 0 Å². The second-order valence-corrected chi connectivity index (χ2v) is 6.12. The van der Waals surface area contributed by atoms with Crippen LogP contribution in [0.25, 0.3) is 0 Å². The van der Waals surface area contributed by atoms with E-state index in [9.17, 15) is 0 Å². The first-order valence-electron chi connectivity index (χ1n) is 4.60. The van der Waals surface area contributed by atoms with Crippen LogP contribution in [0.4, 0.5) is 0 Å². The molecule has 1 atom stereocenters. The Labute approximate surface area is 81.7 Å². The van der Waals surface area contributed by atoms with Crippen LogP contribution < -0.4 is 0 Å². The average Bonchev–Trinajstić information content (AvgIpc) is 2.05. The molecule has 0 N–H and O–H groups in total. The van der Waals surface area contributed by atoms with E-state index in [4.69, 9.17) is 3.07 Å². The Kier molecular flexibility index (Phi) is 9.46. The van der Waals surface area contributed by atoms with Crippen molar-refractivity contribution >= 4 is 21.6 Å². The van der Waals surface area contributed by atoms with Crippen molar-refractivity contribution in [3.8, 4) is 0 Å². The molecule has 1 unspecified atom stereocenters. The zero-order chi connectivity index (χ0) is 8.53.